The van der Waals surface area contributed by atoms with Gasteiger partial charge in [0, 0.05) is 20.6 Å². The summed E-state index contributed by atoms with van der Waals surface area (Å²) < 4.78 is 5.84. The number of para-hydroxylation sites is 1. The van der Waals surface area contributed by atoms with E-state index in [1.807, 2.05) is 67.4 Å². The van der Waals surface area contributed by atoms with Gasteiger partial charge >= 0.3 is 0 Å². The Hall–Kier alpha value is -2.27. The van der Waals surface area contributed by atoms with E-state index in [0.717, 1.165) is 29.4 Å². The number of hydrogen-bond acceptors (Lipinski definition) is 3. The van der Waals surface area contributed by atoms with E-state index in [1.54, 1.807) is 7.05 Å². The van der Waals surface area contributed by atoms with Crippen LogP contribution in [0.5, 0.6) is 5.75 Å². The molecule has 1 N–H and O–H groups in total. The van der Waals surface area contributed by atoms with Gasteiger partial charge in [-0.25, -0.2) is 0 Å². The Labute approximate surface area is 172 Å². The lowest BCUT2D eigenvalue weighted by Crippen LogP contribution is -2.40. The molecule has 0 atom stereocenters. The Balaban J connectivity index is 0.00000338. The minimum atomic E-state index is 0. The fourth-order valence-electron chi connectivity index (χ4n) is 2.38. The minimum Gasteiger partial charge on any atom is -0.491 e. The Morgan fingerprint density at radius 1 is 1.19 bits per heavy atom. The maximum absolute atomic E-state index is 8.84. The molecule has 0 aromatic heterocycles. The molecular weight excluding hydrogens is 439 g/mol. The Morgan fingerprint density at radius 2 is 1.88 bits per heavy atom. The molecule has 0 fully saturated rings. The van der Waals surface area contributed by atoms with Crippen molar-refractivity contribution in [2.75, 3.05) is 27.2 Å². The average Bonchev–Trinajstić information content (AvgIpc) is 2.64. The molecule has 0 aliphatic carbocycles. The highest BCUT2D eigenvalue weighted by Crippen LogP contribution is 2.15. The zero-order valence-corrected chi connectivity index (χ0v) is 17.7. The minimum absolute atomic E-state index is 0. The summed E-state index contributed by atoms with van der Waals surface area (Å²) in [6.45, 7) is 4.00. The number of ether oxygens (including phenoxy) is 1. The molecule has 138 valence electrons. The molecule has 0 radical (unpaired) electrons. The Bertz CT molecular complexity index is 753. The van der Waals surface area contributed by atoms with Crippen molar-refractivity contribution < 1.29 is 4.74 Å². The molecule has 0 bridgehead atoms. The second-order valence-corrected chi connectivity index (χ2v) is 5.75. The fourth-order valence-corrected chi connectivity index (χ4v) is 2.38. The van der Waals surface area contributed by atoms with Crippen LogP contribution in [0.25, 0.3) is 0 Å². The third-order valence-corrected chi connectivity index (χ3v) is 3.88. The van der Waals surface area contributed by atoms with Crippen molar-refractivity contribution >= 4 is 29.9 Å². The molecule has 0 aliphatic rings. The van der Waals surface area contributed by atoms with Gasteiger partial charge in [-0.3, -0.25) is 4.99 Å². The van der Waals surface area contributed by atoms with Crippen LogP contribution in [0.4, 0.5) is 0 Å². The Kier molecular flexibility index (Phi) is 9.52. The molecule has 0 amide bonds. The first-order valence-corrected chi connectivity index (χ1v) is 8.23. The molecule has 2 aromatic carbocycles. The van der Waals surface area contributed by atoms with Crippen LogP contribution >= 0.6 is 24.0 Å². The van der Waals surface area contributed by atoms with Crippen LogP contribution in [0.2, 0.25) is 0 Å². The van der Waals surface area contributed by atoms with Gasteiger partial charge in [0.15, 0.2) is 5.96 Å². The molecule has 26 heavy (non-hydrogen) atoms. The summed E-state index contributed by atoms with van der Waals surface area (Å²) in [7, 11) is 3.75. The molecule has 0 spiro atoms. The number of hydrogen-bond donors (Lipinski definition) is 1. The third kappa shape index (κ3) is 6.56. The molecule has 0 saturated heterocycles. The largest absolute Gasteiger partial charge is 0.491 e. The van der Waals surface area contributed by atoms with E-state index in [0.29, 0.717) is 18.7 Å². The number of aryl methyl sites for hydroxylation is 1. The van der Waals surface area contributed by atoms with Gasteiger partial charge in [0.25, 0.3) is 0 Å². The summed E-state index contributed by atoms with van der Waals surface area (Å²) >= 11 is 0. The van der Waals surface area contributed by atoms with Crippen LogP contribution in [-0.2, 0) is 6.54 Å². The summed E-state index contributed by atoms with van der Waals surface area (Å²) in [5.41, 5.74) is 2.90. The molecule has 0 aliphatic heterocycles. The van der Waals surface area contributed by atoms with Crippen LogP contribution < -0.4 is 10.1 Å². The fraction of sp³-hybridized carbons (Fsp3) is 0.300. The lowest BCUT2D eigenvalue weighted by molar-refractivity contribution is 0.280. The quantitative estimate of drug-likeness (QED) is 0.404. The number of halogens is 1. The number of rotatable bonds is 6. The number of benzene rings is 2. The van der Waals surface area contributed by atoms with Gasteiger partial charge < -0.3 is 15.0 Å². The number of nitrogens with one attached hydrogen (secondary N) is 1. The van der Waals surface area contributed by atoms with Gasteiger partial charge in [0.1, 0.15) is 12.4 Å². The molecule has 5 nitrogen and oxygen atoms in total. The SMILES string of the molecule is CN=C(NCc1ccc(C#N)cc1)N(C)CCOc1ccccc1C.I. The van der Waals surface area contributed by atoms with Crippen LogP contribution in [-0.4, -0.2) is 38.1 Å². The van der Waals surface area contributed by atoms with Crippen LogP contribution in [0.1, 0.15) is 16.7 Å². The Morgan fingerprint density at radius 3 is 2.50 bits per heavy atom. The summed E-state index contributed by atoms with van der Waals surface area (Å²) in [4.78, 5) is 6.33. The second kappa shape index (κ2) is 11.4. The first kappa shape index (κ1) is 21.8. The number of nitrogens with zero attached hydrogens (tertiary/aromatic N) is 3. The van der Waals surface area contributed by atoms with Crippen LogP contribution in [0.3, 0.4) is 0 Å². The van der Waals surface area contributed by atoms with Crippen molar-refractivity contribution in [2.24, 2.45) is 4.99 Å². The maximum atomic E-state index is 8.84. The van der Waals surface area contributed by atoms with E-state index in [1.165, 1.54) is 0 Å². The highest BCUT2D eigenvalue weighted by atomic mass is 127. The molecular formula is C20H25IN4O. The highest BCUT2D eigenvalue weighted by Gasteiger charge is 2.06. The van der Waals surface area contributed by atoms with Gasteiger partial charge in [-0.2, -0.15) is 5.26 Å². The van der Waals surface area contributed by atoms with Gasteiger partial charge in [-0.05, 0) is 36.2 Å². The van der Waals surface area contributed by atoms with E-state index in [9.17, 15) is 0 Å². The van der Waals surface area contributed by atoms with E-state index in [-0.39, 0.29) is 24.0 Å². The monoisotopic (exact) mass is 464 g/mol. The van der Waals surface area contributed by atoms with Crippen molar-refractivity contribution in [1.82, 2.24) is 10.2 Å². The number of nitriles is 1. The van der Waals surface area contributed by atoms with Gasteiger partial charge in [-0.1, -0.05) is 30.3 Å². The van der Waals surface area contributed by atoms with Crippen molar-refractivity contribution in [3.8, 4) is 11.8 Å². The predicted molar refractivity (Wildman–Crippen MR) is 116 cm³/mol. The smallest absolute Gasteiger partial charge is 0.193 e. The average molecular weight is 464 g/mol. The lowest BCUT2D eigenvalue weighted by atomic mass is 10.1. The molecule has 0 saturated carbocycles. The summed E-state index contributed by atoms with van der Waals surface area (Å²) in [6, 6.07) is 17.6. The zero-order chi connectivity index (χ0) is 18.1. The van der Waals surface area contributed by atoms with Crippen LogP contribution in [0, 0.1) is 18.3 Å². The molecule has 0 heterocycles. The number of guanidine groups is 1. The van der Waals surface area contributed by atoms with Crippen molar-refractivity contribution in [1.29, 1.82) is 5.26 Å². The van der Waals surface area contributed by atoms with E-state index >= 15 is 0 Å². The first-order valence-electron chi connectivity index (χ1n) is 8.23. The predicted octanol–water partition coefficient (Wildman–Crippen LogP) is 3.57. The van der Waals surface area contributed by atoms with Crippen molar-refractivity contribution in [3.05, 3.63) is 65.2 Å². The van der Waals surface area contributed by atoms with Gasteiger partial charge in [0.2, 0.25) is 0 Å². The number of likely N-dealkylation sites (N-methyl/N-ethyl adjacent to an activating group) is 1. The number of aliphatic imine (C=N–C) groups is 1. The van der Waals surface area contributed by atoms with Crippen molar-refractivity contribution in [3.63, 3.8) is 0 Å². The van der Waals surface area contributed by atoms with E-state index in [2.05, 4.69) is 16.4 Å². The highest BCUT2D eigenvalue weighted by molar-refractivity contribution is 14.0. The molecule has 6 heteroatoms. The maximum Gasteiger partial charge on any atom is 0.193 e. The summed E-state index contributed by atoms with van der Waals surface area (Å²) in [5, 5.41) is 12.2. The van der Waals surface area contributed by atoms with Gasteiger partial charge in [0.05, 0.1) is 18.2 Å². The zero-order valence-electron chi connectivity index (χ0n) is 15.4. The molecule has 2 aromatic rings. The summed E-state index contributed by atoms with van der Waals surface area (Å²) in [5.74, 6) is 1.72. The first-order chi connectivity index (χ1) is 12.1. The van der Waals surface area contributed by atoms with E-state index in [4.69, 9.17) is 10.00 Å². The van der Waals surface area contributed by atoms with Gasteiger partial charge in [-0.15, -0.1) is 24.0 Å². The molecule has 0 unspecified atom stereocenters. The summed E-state index contributed by atoms with van der Waals surface area (Å²) in [6.07, 6.45) is 0. The second-order valence-electron chi connectivity index (χ2n) is 5.75. The van der Waals surface area contributed by atoms with E-state index < -0.39 is 0 Å². The third-order valence-electron chi connectivity index (χ3n) is 3.88. The topological polar surface area (TPSA) is 60.7 Å². The lowest BCUT2D eigenvalue weighted by Gasteiger charge is -2.22. The normalized spacial score (nSPS) is 10.5. The standard InChI is InChI=1S/C20H24N4O.HI/c1-16-6-4-5-7-19(16)25-13-12-24(3)20(22-2)23-15-18-10-8-17(14-21)9-11-18;/h4-11H,12-13,15H2,1-3H3,(H,22,23);1H. The molecule has 2 rings (SSSR count). The van der Waals surface area contributed by atoms with Crippen LogP contribution in [0.15, 0.2) is 53.5 Å². The van der Waals surface area contributed by atoms with Crippen molar-refractivity contribution in [2.45, 2.75) is 13.5 Å².